The number of aromatic nitrogens is 2. The van der Waals surface area contributed by atoms with E-state index in [2.05, 4.69) is 20.2 Å². The fourth-order valence-electron chi connectivity index (χ4n) is 2.72. The zero-order valence-corrected chi connectivity index (χ0v) is 13.5. The third-order valence-corrected chi connectivity index (χ3v) is 5.57. The Morgan fingerprint density at radius 2 is 2.32 bits per heavy atom. The molecule has 2 unspecified atom stereocenters. The second-order valence-corrected chi connectivity index (χ2v) is 7.42. The predicted molar refractivity (Wildman–Crippen MR) is 81.9 cm³/mol. The molecule has 3 rings (SSSR count). The number of piperidine rings is 1. The molecule has 1 fully saturated rings. The highest BCUT2D eigenvalue weighted by atomic mass is 32.2. The summed E-state index contributed by atoms with van der Waals surface area (Å²) in [6.07, 6.45) is 2.77. The van der Waals surface area contributed by atoms with Crippen LogP contribution in [0.1, 0.15) is 26.0 Å². The summed E-state index contributed by atoms with van der Waals surface area (Å²) in [5.74, 6) is 0.252. The number of pyridine rings is 1. The Balaban J connectivity index is 1.91. The molecule has 2 aromatic rings. The van der Waals surface area contributed by atoms with Crippen LogP contribution in [0.25, 0.3) is 11.1 Å². The molecule has 2 atom stereocenters. The van der Waals surface area contributed by atoms with Crippen molar-refractivity contribution in [3.63, 3.8) is 0 Å². The van der Waals surface area contributed by atoms with Gasteiger partial charge in [0.25, 0.3) is 5.71 Å². The van der Waals surface area contributed by atoms with Crippen molar-refractivity contribution in [1.82, 2.24) is 20.2 Å². The molecule has 0 bridgehead atoms. The first-order valence-corrected chi connectivity index (χ1v) is 8.97. The van der Waals surface area contributed by atoms with Crippen LogP contribution in [0.4, 0.5) is 0 Å². The summed E-state index contributed by atoms with van der Waals surface area (Å²) in [7, 11) is -3.60. The zero-order valence-electron chi connectivity index (χ0n) is 12.7. The molecule has 22 heavy (non-hydrogen) atoms. The predicted octanol–water partition coefficient (Wildman–Crippen LogP) is 1.06. The maximum Gasteiger partial charge on any atom is 0.258 e. The molecule has 1 aliphatic rings. The van der Waals surface area contributed by atoms with Crippen molar-refractivity contribution in [2.24, 2.45) is 5.92 Å². The molecule has 2 aromatic heterocycles. The fourth-order valence-corrected chi connectivity index (χ4v) is 4.07. The molecule has 0 aliphatic carbocycles. The number of nitrogens with zero attached hydrogens (tertiary/aromatic N) is 2. The number of hydrogen-bond donors (Lipinski definition) is 2. The molecule has 7 nitrogen and oxygen atoms in total. The van der Waals surface area contributed by atoms with Crippen LogP contribution in [-0.4, -0.2) is 37.7 Å². The number of rotatable bonds is 4. The summed E-state index contributed by atoms with van der Waals surface area (Å²) >= 11 is 0. The van der Waals surface area contributed by atoms with Crippen molar-refractivity contribution in [3.8, 4) is 0 Å². The average Bonchev–Trinajstić information content (AvgIpc) is 2.91. The van der Waals surface area contributed by atoms with E-state index in [1.807, 2.05) is 13.8 Å². The lowest BCUT2D eigenvalue weighted by Crippen LogP contribution is -2.48. The van der Waals surface area contributed by atoms with Gasteiger partial charge in [0.2, 0.25) is 10.0 Å². The van der Waals surface area contributed by atoms with Gasteiger partial charge in [-0.2, -0.15) is 0 Å². The average molecular weight is 324 g/mol. The van der Waals surface area contributed by atoms with Crippen LogP contribution >= 0.6 is 0 Å². The summed E-state index contributed by atoms with van der Waals surface area (Å²) in [4.78, 5) is 4.22. The third kappa shape index (κ3) is 2.86. The molecule has 8 heteroatoms. The monoisotopic (exact) mass is 324 g/mol. The Kier molecular flexibility index (Phi) is 4.16. The SMILES string of the molecule is CCc1noc2ncc(S(=O)(=O)NC3CCNCC3C)cc12. The Morgan fingerprint density at radius 3 is 3.05 bits per heavy atom. The van der Waals surface area contributed by atoms with Gasteiger partial charge < -0.3 is 9.84 Å². The molecule has 0 saturated carbocycles. The van der Waals surface area contributed by atoms with E-state index in [9.17, 15) is 8.42 Å². The normalized spacial score (nSPS) is 23.0. The molecule has 3 heterocycles. The topological polar surface area (TPSA) is 97.1 Å². The second kappa shape index (κ2) is 5.94. The number of sulfonamides is 1. The largest absolute Gasteiger partial charge is 0.336 e. The maximum absolute atomic E-state index is 12.6. The quantitative estimate of drug-likeness (QED) is 0.873. The number of nitrogens with one attached hydrogen (secondary N) is 2. The van der Waals surface area contributed by atoms with Gasteiger partial charge >= 0.3 is 0 Å². The van der Waals surface area contributed by atoms with E-state index >= 15 is 0 Å². The van der Waals surface area contributed by atoms with E-state index < -0.39 is 10.0 Å². The minimum Gasteiger partial charge on any atom is -0.336 e. The lowest BCUT2D eigenvalue weighted by atomic mass is 9.97. The first-order valence-electron chi connectivity index (χ1n) is 7.48. The van der Waals surface area contributed by atoms with Gasteiger partial charge in [0.1, 0.15) is 4.90 Å². The molecular formula is C14H20N4O3S. The highest BCUT2D eigenvalue weighted by Gasteiger charge is 2.27. The molecule has 120 valence electrons. The van der Waals surface area contributed by atoms with Gasteiger partial charge in [-0.1, -0.05) is 19.0 Å². The van der Waals surface area contributed by atoms with Crippen LogP contribution in [0.5, 0.6) is 0 Å². The van der Waals surface area contributed by atoms with Gasteiger partial charge in [0.05, 0.1) is 17.3 Å². The van der Waals surface area contributed by atoms with Gasteiger partial charge in [-0.05, 0) is 37.9 Å². The van der Waals surface area contributed by atoms with Crippen LogP contribution < -0.4 is 10.0 Å². The number of aryl methyl sites for hydroxylation is 1. The standard InChI is InChI=1S/C14H20N4O3S/c1-3-12-11-6-10(8-16-14(11)21-17-12)22(19,20)18-13-4-5-15-7-9(13)2/h6,8-9,13,15,18H,3-5,7H2,1-2H3. The Labute approximate surface area is 129 Å². The number of hydrogen-bond acceptors (Lipinski definition) is 6. The molecule has 1 saturated heterocycles. The van der Waals surface area contributed by atoms with Crippen LogP contribution in [0.3, 0.4) is 0 Å². The second-order valence-electron chi connectivity index (χ2n) is 5.70. The maximum atomic E-state index is 12.6. The summed E-state index contributed by atoms with van der Waals surface area (Å²) in [6, 6.07) is 1.53. The van der Waals surface area contributed by atoms with Crippen molar-refractivity contribution in [2.75, 3.05) is 13.1 Å². The Bertz CT molecular complexity index is 771. The van der Waals surface area contributed by atoms with Crippen LogP contribution in [0.15, 0.2) is 21.7 Å². The van der Waals surface area contributed by atoms with E-state index in [1.54, 1.807) is 6.07 Å². The Morgan fingerprint density at radius 1 is 1.50 bits per heavy atom. The lowest BCUT2D eigenvalue weighted by molar-refractivity contribution is 0.328. The van der Waals surface area contributed by atoms with Crippen LogP contribution in [0.2, 0.25) is 0 Å². The molecule has 0 radical (unpaired) electrons. The summed E-state index contributed by atoms with van der Waals surface area (Å²) in [6.45, 7) is 5.61. The van der Waals surface area contributed by atoms with Crippen LogP contribution in [0, 0.1) is 5.92 Å². The van der Waals surface area contributed by atoms with Gasteiger partial charge in [-0.25, -0.2) is 18.1 Å². The van der Waals surface area contributed by atoms with Gasteiger partial charge in [0, 0.05) is 6.04 Å². The van der Waals surface area contributed by atoms with E-state index in [0.29, 0.717) is 17.5 Å². The van der Waals surface area contributed by atoms with E-state index in [1.165, 1.54) is 6.20 Å². The fraction of sp³-hybridized carbons (Fsp3) is 0.571. The van der Waals surface area contributed by atoms with Crippen molar-refractivity contribution >= 4 is 21.1 Å². The van der Waals surface area contributed by atoms with Crippen LogP contribution in [-0.2, 0) is 16.4 Å². The highest BCUT2D eigenvalue weighted by molar-refractivity contribution is 7.89. The van der Waals surface area contributed by atoms with Crippen molar-refractivity contribution < 1.29 is 12.9 Å². The highest BCUT2D eigenvalue weighted by Crippen LogP contribution is 2.21. The van der Waals surface area contributed by atoms with Crippen molar-refractivity contribution in [2.45, 2.75) is 37.6 Å². The summed E-state index contributed by atoms with van der Waals surface area (Å²) in [5.41, 5.74) is 1.08. The molecule has 0 spiro atoms. The van der Waals surface area contributed by atoms with E-state index in [-0.39, 0.29) is 16.9 Å². The van der Waals surface area contributed by atoms with Crippen molar-refractivity contribution in [3.05, 3.63) is 18.0 Å². The lowest BCUT2D eigenvalue weighted by Gasteiger charge is -2.29. The van der Waals surface area contributed by atoms with E-state index in [4.69, 9.17) is 4.52 Å². The van der Waals surface area contributed by atoms with Gasteiger partial charge in [-0.3, -0.25) is 0 Å². The number of fused-ring (bicyclic) bond motifs is 1. The third-order valence-electron chi connectivity index (χ3n) is 4.12. The Hall–Kier alpha value is -1.51. The van der Waals surface area contributed by atoms with Gasteiger partial charge in [-0.15, -0.1) is 0 Å². The van der Waals surface area contributed by atoms with E-state index in [0.717, 1.165) is 25.2 Å². The minimum atomic E-state index is -3.60. The minimum absolute atomic E-state index is 0.0601. The summed E-state index contributed by atoms with van der Waals surface area (Å²) < 4.78 is 33.1. The summed E-state index contributed by atoms with van der Waals surface area (Å²) in [5, 5.41) is 7.82. The molecule has 0 aromatic carbocycles. The molecular weight excluding hydrogens is 304 g/mol. The first-order chi connectivity index (χ1) is 10.5. The first kappa shape index (κ1) is 15.4. The van der Waals surface area contributed by atoms with Crippen molar-refractivity contribution in [1.29, 1.82) is 0 Å². The smallest absolute Gasteiger partial charge is 0.258 e. The molecule has 1 aliphatic heterocycles. The molecule has 0 amide bonds. The van der Waals surface area contributed by atoms with Gasteiger partial charge in [0.15, 0.2) is 0 Å². The molecule has 2 N–H and O–H groups in total. The zero-order chi connectivity index (χ0) is 15.7.